The quantitative estimate of drug-likeness (QED) is 0.110. The summed E-state index contributed by atoms with van der Waals surface area (Å²) in [7, 11) is 0. The number of aromatic carboxylic acids is 4. The highest BCUT2D eigenvalue weighted by Gasteiger charge is 2.27. The Hall–Kier alpha value is -4.86. The van der Waals surface area contributed by atoms with Crippen molar-refractivity contribution in [2.45, 2.75) is 45.6 Å². The van der Waals surface area contributed by atoms with Gasteiger partial charge in [-0.05, 0) is 64.1 Å². The van der Waals surface area contributed by atoms with Crippen LogP contribution in [0.4, 0.5) is 0 Å². The van der Waals surface area contributed by atoms with E-state index in [1.807, 2.05) is 0 Å². The number of nitrogens with one attached hydrogen (secondary N) is 2. The van der Waals surface area contributed by atoms with E-state index in [4.69, 9.17) is 19.3 Å². The van der Waals surface area contributed by atoms with Crippen LogP contribution >= 0.6 is 0 Å². The Labute approximate surface area is 251 Å². The van der Waals surface area contributed by atoms with Gasteiger partial charge in [-0.25, -0.2) is 19.2 Å². The lowest BCUT2D eigenvalue weighted by atomic mass is 10.0. The predicted molar refractivity (Wildman–Crippen MR) is 151 cm³/mol. The molecule has 0 saturated heterocycles. The maximum absolute atomic E-state index is 12.8. The summed E-state index contributed by atoms with van der Waals surface area (Å²) in [5.41, 5.74) is -3.12. The maximum Gasteiger partial charge on any atom is 0.336 e. The maximum atomic E-state index is 12.8. The molecule has 44 heavy (non-hydrogen) atoms. The molecule has 2 rings (SSSR count). The number of carbonyl (C=O) groups is 6. The van der Waals surface area contributed by atoms with Gasteiger partial charge in [-0.2, -0.15) is 0 Å². The van der Waals surface area contributed by atoms with Gasteiger partial charge in [-0.15, -0.1) is 0 Å². The Morgan fingerprint density at radius 3 is 1.59 bits per heavy atom. The molecular weight excluding hydrogens is 584 g/mol. The summed E-state index contributed by atoms with van der Waals surface area (Å²) in [6.45, 7) is 6.73. The molecule has 0 saturated carbocycles. The van der Waals surface area contributed by atoms with E-state index in [2.05, 4.69) is 10.6 Å². The third kappa shape index (κ3) is 10.4. The molecule has 0 spiro atoms. The minimum absolute atomic E-state index is 0.0443. The second-order valence-corrected chi connectivity index (χ2v) is 10.2. The van der Waals surface area contributed by atoms with Crippen LogP contribution in [0.1, 0.15) is 89.8 Å². The lowest BCUT2D eigenvalue weighted by molar-refractivity contribution is -0.107. The molecule has 6 N–H and O–H groups in total. The number of ether oxygens (including phenoxy) is 3. The second kappa shape index (κ2) is 15.6. The van der Waals surface area contributed by atoms with Gasteiger partial charge >= 0.3 is 23.9 Å². The molecule has 2 unspecified atom stereocenters. The van der Waals surface area contributed by atoms with E-state index in [1.54, 1.807) is 13.8 Å². The van der Waals surface area contributed by atoms with Gasteiger partial charge in [-0.3, -0.25) is 9.59 Å². The van der Waals surface area contributed by atoms with Gasteiger partial charge in [-0.1, -0.05) is 0 Å². The van der Waals surface area contributed by atoms with Crippen molar-refractivity contribution in [3.63, 3.8) is 0 Å². The van der Waals surface area contributed by atoms with E-state index in [0.717, 1.165) is 36.4 Å². The van der Waals surface area contributed by atoms with Crippen molar-refractivity contribution in [3.8, 4) is 0 Å². The van der Waals surface area contributed by atoms with Crippen LogP contribution in [0.25, 0.3) is 0 Å². The van der Waals surface area contributed by atoms with Crippen LogP contribution in [-0.4, -0.2) is 100 Å². The lowest BCUT2D eigenvalue weighted by Crippen LogP contribution is -2.48. The number of carboxylic acid groups (broad SMARTS) is 4. The average molecular weight is 619 g/mol. The first-order chi connectivity index (χ1) is 20.5. The van der Waals surface area contributed by atoms with Crippen molar-refractivity contribution in [3.05, 3.63) is 69.8 Å². The molecule has 15 heteroatoms. The van der Waals surface area contributed by atoms with Crippen LogP contribution in [0.2, 0.25) is 0 Å². The highest BCUT2D eigenvalue weighted by molar-refractivity contribution is 6.07. The minimum Gasteiger partial charge on any atom is -0.478 e. The third-order valence-electron chi connectivity index (χ3n) is 5.86. The summed E-state index contributed by atoms with van der Waals surface area (Å²) in [6, 6.07) is 5.68. The topological polar surface area (TPSA) is 235 Å². The van der Waals surface area contributed by atoms with E-state index >= 15 is 0 Å². The molecule has 0 fully saturated rings. The molecule has 0 heterocycles. The molecule has 15 nitrogen and oxygen atoms in total. The van der Waals surface area contributed by atoms with Crippen LogP contribution in [-0.2, 0) is 14.2 Å². The first-order valence-corrected chi connectivity index (χ1v) is 13.2. The predicted octanol–water partition coefficient (Wildman–Crippen LogP) is 2.20. The van der Waals surface area contributed by atoms with Gasteiger partial charge in [0, 0.05) is 6.04 Å². The first kappa shape index (κ1) is 35.3. The zero-order chi connectivity index (χ0) is 33.2. The van der Waals surface area contributed by atoms with E-state index in [-0.39, 0.29) is 59.8 Å². The number of hydrogen-bond acceptors (Lipinski definition) is 9. The summed E-state index contributed by atoms with van der Waals surface area (Å²) in [6.07, 6.45) is -0.544. The fourth-order valence-corrected chi connectivity index (χ4v) is 3.98. The van der Waals surface area contributed by atoms with E-state index < -0.39 is 53.6 Å². The lowest BCUT2D eigenvalue weighted by Gasteiger charge is -2.30. The number of carboxylic acids is 4. The van der Waals surface area contributed by atoms with Gasteiger partial charge in [0.1, 0.15) is 5.72 Å². The first-order valence-electron chi connectivity index (χ1n) is 13.2. The molecular formula is C29H34N2O13. The van der Waals surface area contributed by atoms with Crippen LogP contribution < -0.4 is 10.6 Å². The number of amides is 2. The van der Waals surface area contributed by atoms with Crippen molar-refractivity contribution in [2.24, 2.45) is 0 Å². The zero-order valence-electron chi connectivity index (χ0n) is 24.4. The van der Waals surface area contributed by atoms with Crippen molar-refractivity contribution in [2.75, 3.05) is 26.4 Å². The third-order valence-corrected chi connectivity index (χ3v) is 5.86. The molecule has 2 aromatic rings. The summed E-state index contributed by atoms with van der Waals surface area (Å²) in [5, 5.41) is 42.1. The van der Waals surface area contributed by atoms with Gasteiger partial charge in [0.15, 0.2) is 0 Å². The number of hydrogen-bond donors (Lipinski definition) is 6. The van der Waals surface area contributed by atoms with E-state index in [9.17, 15) is 44.1 Å². The zero-order valence-corrected chi connectivity index (χ0v) is 24.4. The number of carbonyl (C=O) groups excluding carboxylic acids is 2. The molecule has 0 bridgehead atoms. The molecule has 0 aromatic heterocycles. The van der Waals surface area contributed by atoms with Crippen molar-refractivity contribution >= 4 is 35.7 Å². The summed E-state index contributed by atoms with van der Waals surface area (Å²) in [4.78, 5) is 70.8. The Kier molecular flexibility index (Phi) is 12.5. The average Bonchev–Trinajstić information content (AvgIpc) is 2.93. The van der Waals surface area contributed by atoms with Gasteiger partial charge < -0.3 is 45.3 Å². The highest BCUT2D eigenvalue weighted by atomic mass is 16.6. The summed E-state index contributed by atoms with van der Waals surface area (Å²) < 4.78 is 16.8. The standard InChI is InChI=1S/C29H34N2O13/c1-15(30-23(32)21-11-17(25(34)35)5-7-19(21)27(38)39)13-42-9-10-43-14-16(2)44-29(3,4)31-24(33)22-12-18(26(36)37)6-8-20(22)28(40)41/h5-8,11-12,15-16H,9-10,13-14H2,1-4H3,(H,30,32)(H,31,33)(H,34,35)(H,36,37)(H,38,39)(H,40,41). The Bertz CT molecular complexity index is 1420. The van der Waals surface area contributed by atoms with Gasteiger partial charge in [0.25, 0.3) is 11.8 Å². The number of rotatable bonds is 17. The van der Waals surface area contributed by atoms with Crippen LogP contribution in [0.5, 0.6) is 0 Å². The smallest absolute Gasteiger partial charge is 0.336 e. The van der Waals surface area contributed by atoms with Crippen molar-refractivity contribution in [1.29, 1.82) is 0 Å². The van der Waals surface area contributed by atoms with Crippen molar-refractivity contribution in [1.82, 2.24) is 10.6 Å². The molecule has 2 atom stereocenters. The Balaban J connectivity index is 1.79. The molecule has 0 aliphatic heterocycles. The monoisotopic (exact) mass is 618 g/mol. The van der Waals surface area contributed by atoms with Gasteiger partial charge in [0.2, 0.25) is 0 Å². The largest absolute Gasteiger partial charge is 0.478 e. The molecule has 238 valence electrons. The highest BCUT2D eigenvalue weighted by Crippen LogP contribution is 2.17. The summed E-state index contributed by atoms with van der Waals surface area (Å²) >= 11 is 0. The molecule has 0 aliphatic rings. The fourth-order valence-electron chi connectivity index (χ4n) is 3.98. The normalized spacial score (nSPS) is 12.5. The van der Waals surface area contributed by atoms with E-state index in [0.29, 0.717) is 0 Å². The van der Waals surface area contributed by atoms with Gasteiger partial charge in [0.05, 0.1) is 65.9 Å². The number of benzene rings is 2. The molecule has 2 amide bonds. The SMILES string of the molecule is CC(COCCOCC(C)OC(C)(C)NC(=O)c1cc(C(=O)O)ccc1C(=O)O)NC(=O)c1cc(C(=O)O)ccc1C(=O)O. The molecule has 0 aliphatic carbocycles. The molecule has 0 radical (unpaired) electrons. The summed E-state index contributed by atoms with van der Waals surface area (Å²) in [5.74, 6) is -7.02. The minimum atomic E-state index is -1.40. The molecule has 2 aromatic carbocycles. The van der Waals surface area contributed by atoms with Crippen LogP contribution in [0.3, 0.4) is 0 Å². The van der Waals surface area contributed by atoms with Crippen LogP contribution in [0.15, 0.2) is 36.4 Å². The van der Waals surface area contributed by atoms with Crippen LogP contribution in [0, 0.1) is 0 Å². The Morgan fingerprint density at radius 2 is 1.14 bits per heavy atom. The fraction of sp³-hybridized carbons (Fsp3) is 0.379. The Morgan fingerprint density at radius 1 is 0.682 bits per heavy atom. The van der Waals surface area contributed by atoms with Crippen molar-refractivity contribution < 1.29 is 63.4 Å². The second-order valence-electron chi connectivity index (χ2n) is 10.2. The van der Waals surface area contributed by atoms with E-state index in [1.165, 1.54) is 13.8 Å².